The summed E-state index contributed by atoms with van der Waals surface area (Å²) in [4.78, 5) is 41.5. The lowest BCUT2D eigenvalue weighted by atomic mass is 9.85. The van der Waals surface area contributed by atoms with Gasteiger partial charge in [-0.15, -0.1) is 0 Å². The molecule has 3 fully saturated rings. The number of nitrogens with one attached hydrogen (secondary N) is 1. The van der Waals surface area contributed by atoms with E-state index in [-0.39, 0.29) is 60.4 Å². The predicted octanol–water partition coefficient (Wildman–Crippen LogP) is 0.966. The summed E-state index contributed by atoms with van der Waals surface area (Å²) >= 11 is 0. The maximum atomic E-state index is 12.7. The van der Waals surface area contributed by atoms with Crippen molar-refractivity contribution >= 4 is 17.7 Å². The van der Waals surface area contributed by atoms with Gasteiger partial charge in [-0.25, -0.2) is 0 Å². The third-order valence-electron chi connectivity index (χ3n) is 6.97. The van der Waals surface area contributed by atoms with Crippen LogP contribution < -0.4 is 5.32 Å². The van der Waals surface area contributed by atoms with Crippen LogP contribution in [0.1, 0.15) is 24.6 Å². The zero-order chi connectivity index (χ0) is 20.7. The molecule has 4 aliphatic rings. The molecule has 5 atom stereocenters. The van der Waals surface area contributed by atoms with E-state index in [0.717, 1.165) is 25.3 Å². The summed E-state index contributed by atoms with van der Waals surface area (Å²) in [6.45, 7) is 3.42. The third-order valence-corrected chi connectivity index (χ3v) is 6.97. The van der Waals surface area contributed by atoms with Gasteiger partial charge in [-0.1, -0.05) is 12.2 Å². The molecular formula is C22H27N3O5. The molecule has 5 rings (SSSR count). The number of rotatable bonds is 7. The lowest BCUT2D eigenvalue weighted by Gasteiger charge is -2.33. The first-order chi connectivity index (χ1) is 14.6. The minimum Gasteiger partial charge on any atom is -0.468 e. The third kappa shape index (κ3) is 3.37. The van der Waals surface area contributed by atoms with Crippen molar-refractivity contribution in [1.29, 1.82) is 0 Å². The Kier molecular flexibility index (Phi) is 5.20. The van der Waals surface area contributed by atoms with Gasteiger partial charge in [0.15, 0.2) is 0 Å². The molecule has 0 radical (unpaired) electrons. The molecule has 8 heteroatoms. The number of carbonyl (C=O) groups excluding carboxylic acids is 3. The molecule has 0 aromatic carbocycles. The lowest BCUT2D eigenvalue weighted by Crippen LogP contribution is -2.44. The average molecular weight is 413 g/mol. The second-order valence-corrected chi connectivity index (χ2v) is 8.56. The zero-order valence-electron chi connectivity index (χ0n) is 16.9. The molecule has 160 valence electrons. The van der Waals surface area contributed by atoms with Crippen molar-refractivity contribution in [3.8, 4) is 0 Å². The van der Waals surface area contributed by atoms with Gasteiger partial charge >= 0.3 is 0 Å². The highest BCUT2D eigenvalue weighted by Crippen LogP contribution is 2.52. The lowest BCUT2D eigenvalue weighted by molar-refractivity contribution is -0.141. The van der Waals surface area contributed by atoms with E-state index in [1.807, 2.05) is 12.1 Å². The molecule has 1 aromatic heterocycles. The van der Waals surface area contributed by atoms with Crippen molar-refractivity contribution in [3.63, 3.8) is 0 Å². The topological polar surface area (TPSA) is 92.1 Å². The minimum atomic E-state index is -0.208. The highest BCUT2D eigenvalue weighted by Gasteiger charge is 2.59. The highest BCUT2D eigenvalue weighted by atomic mass is 16.5. The molecule has 2 bridgehead atoms. The number of morpholine rings is 1. The second kappa shape index (κ2) is 8.00. The first-order valence-electron chi connectivity index (χ1n) is 10.8. The summed E-state index contributed by atoms with van der Waals surface area (Å²) in [6, 6.07) is 3.69. The Morgan fingerprint density at radius 1 is 1.13 bits per heavy atom. The van der Waals surface area contributed by atoms with Crippen LogP contribution in [0.5, 0.6) is 0 Å². The largest absolute Gasteiger partial charge is 0.468 e. The quantitative estimate of drug-likeness (QED) is 0.529. The van der Waals surface area contributed by atoms with Crippen LogP contribution in [0.3, 0.4) is 0 Å². The van der Waals surface area contributed by atoms with Crippen molar-refractivity contribution < 1.29 is 23.5 Å². The summed E-state index contributed by atoms with van der Waals surface area (Å²) in [5.41, 5.74) is 0. The molecule has 2 aliphatic heterocycles. The van der Waals surface area contributed by atoms with Crippen molar-refractivity contribution in [1.82, 2.24) is 15.1 Å². The van der Waals surface area contributed by atoms with Crippen LogP contribution in [0.15, 0.2) is 35.0 Å². The fraction of sp³-hybridized carbons (Fsp3) is 0.591. The van der Waals surface area contributed by atoms with Crippen molar-refractivity contribution in [2.45, 2.75) is 18.9 Å². The van der Waals surface area contributed by atoms with Crippen molar-refractivity contribution in [2.75, 3.05) is 39.4 Å². The summed E-state index contributed by atoms with van der Waals surface area (Å²) < 4.78 is 11.0. The molecule has 30 heavy (non-hydrogen) atoms. The number of amides is 3. The van der Waals surface area contributed by atoms with Crippen LogP contribution in [0, 0.1) is 23.7 Å². The number of fused-ring (bicyclic) bond motifs is 5. The standard InChI is InChI=1S/C22H27N3O5/c26-18(23-13-16(17-2-1-9-30-17)24-7-10-29-11-8-24)5-6-25-21(27)19-14-3-4-15(12-14)20(19)22(25)28/h1-4,9,14-16,19-20H,5-8,10-13H2,(H,23,26)/t14-,15-,16+,19-,20+/m0/s1. The fourth-order valence-electron chi connectivity index (χ4n) is 5.48. The molecule has 1 N–H and O–H groups in total. The summed E-state index contributed by atoms with van der Waals surface area (Å²) in [5.74, 6) is 0.403. The zero-order valence-corrected chi connectivity index (χ0v) is 16.9. The van der Waals surface area contributed by atoms with Gasteiger partial charge in [0.2, 0.25) is 17.7 Å². The number of ether oxygens (including phenoxy) is 1. The summed E-state index contributed by atoms with van der Waals surface area (Å²) in [5, 5.41) is 2.96. The van der Waals surface area contributed by atoms with Crippen LogP contribution in [0.4, 0.5) is 0 Å². The number of hydrogen-bond acceptors (Lipinski definition) is 6. The maximum Gasteiger partial charge on any atom is 0.233 e. The molecule has 3 heterocycles. The van der Waals surface area contributed by atoms with Crippen molar-refractivity contribution in [3.05, 3.63) is 36.3 Å². The SMILES string of the molecule is O=C(CCN1C(=O)[C@@H]2[C@H](C1=O)[C@H]1C=C[C@H]2C1)NC[C@H](c1ccco1)N1CCOCC1. The Hall–Kier alpha value is -2.45. The van der Waals surface area contributed by atoms with Gasteiger partial charge in [-0.3, -0.25) is 24.2 Å². The number of nitrogens with zero attached hydrogens (tertiary/aromatic N) is 2. The first-order valence-corrected chi connectivity index (χ1v) is 10.8. The fourth-order valence-corrected chi connectivity index (χ4v) is 5.48. The van der Waals surface area contributed by atoms with Gasteiger partial charge in [-0.2, -0.15) is 0 Å². The Morgan fingerprint density at radius 3 is 2.47 bits per heavy atom. The van der Waals surface area contributed by atoms with Crippen LogP contribution in [0.2, 0.25) is 0 Å². The molecule has 2 aliphatic carbocycles. The van der Waals surface area contributed by atoms with E-state index in [9.17, 15) is 14.4 Å². The van der Waals surface area contributed by atoms with Gasteiger partial charge in [0.1, 0.15) is 5.76 Å². The number of likely N-dealkylation sites (tertiary alicyclic amines) is 1. The van der Waals surface area contributed by atoms with Gasteiger partial charge in [-0.05, 0) is 30.4 Å². The van der Waals surface area contributed by atoms with E-state index in [4.69, 9.17) is 9.15 Å². The molecule has 2 saturated heterocycles. The van der Waals surface area contributed by atoms with Crippen LogP contribution in [-0.2, 0) is 19.1 Å². The maximum absolute atomic E-state index is 12.7. The van der Waals surface area contributed by atoms with E-state index in [1.165, 1.54) is 4.90 Å². The first kappa shape index (κ1) is 19.5. The van der Waals surface area contributed by atoms with E-state index in [1.54, 1.807) is 6.26 Å². The van der Waals surface area contributed by atoms with Gasteiger partial charge in [0.25, 0.3) is 0 Å². The minimum absolute atomic E-state index is 0.0658. The number of allylic oxidation sites excluding steroid dienone is 2. The van der Waals surface area contributed by atoms with Crippen LogP contribution in [-0.4, -0.2) is 66.9 Å². The van der Waals surface area contributed by atoms with Gasteiger partial charge in [0.05, 0.1) is 37.4 Å². The Morgan fingerprint density at radius 2 is 1.83 bits per heavy atom. The Balaban J connectivity index is 1.15. The second-order valence-electron chi connectivity index (χ2n) is 8.56. The van der Waals surface area contributed by atoms with Crippen LogP contribution >= 0.6 is 0 Å². The van der Waals surface area contributed by atoms with Crippen LogP contribution in [0.25, 0.3) is 0 Å². The highest BCUT2D eigenvalue weighted by molar-refractivity contribution is 6.06. The number of furan rings is 1. The van der Waals surface area contributed by atoms with Crippen molar-refractivity contribution in [2.24, 2.45) is 23.7 Å². The van der Waals surface area contributed by atoms with E-state index in [2.05, 4.69) is 22.4 Å². The molecule has 1 aromatic rings. The summed E-state index contributed by atoms with van der Waals surface area (Å²) in [7, 11) is 0. The predicted molar refractivity (Wildman–Crippen MR) is 106 cm³/mol. The number of hydrogen-bond donors (Lipinski definition) is 1. The van der Waals surface area contributed by atoms with E-state index < -0.39 is 0 Å². The monoisotopic (exact) mass is 413 g/mol. The molecule has 0 spiro atoms. The Labute approximate surface area is 175 Å². The Bertz CT molecular complexity index is 815. The van der Waals surface area contributed by atoms with Gasteiger partial charge in [0, 0.05) is 32.6 Å². The number of imide groups is 1. The molecule has 3 amide bonds. The van der Waals surface area contributed by atoms with Gasteiger partial charge < -0.3 is 14.5 Å². The smallest absolute Gasteiger partial charge is 0.233 e. The molecule has 8 nitrogen and oxygen atoms in total. The summed E-state index contributed by atoms with van der Waals surface area (Å²) in [6.07, 6.45) is 6.82. The van der Waals surface area contributed by atoms with E-state index in [0.29, 0.717) is 19.8 Å². The normalized spacial score (nSPS) is 31.4. The molecular weight excluding hydrogens is 386 g/mol. The molecule has 0 unspecified atom stereocenters. The average Bonchev–Trinajstić information content (AvgIpc) is 3.54. The molecule has 1 saturated carbocycles. The number of carbonyl (C=O) groups is 3. The van der Waals surface area contributed by atoms with E-state index >= 15 is 0 Å².